The van der Waals surface area contributed by atoms with Gasteiger partial charge in [-0.1, -0.05) is 0 Å². The molecule has 1 atom stereocenters. The highest BCUT2D eigenvalue weighted by molar-refractivity contribution is 5.75. The Morgan fingerprint density at radius 3 is 2.82 bits per heavy atom. The average molecular weight is 237 g/mol. The maximum absolute atomic E-state index is 11.4. The molecule has 1 rings (SSSR count). The molecule has 4 heteroatoms. The monoisotopic (exact) mass is 237 g/mol. The van der Waals surface area contributed by atoms with Crippen LogP contribution in [-0.2, 0) is 11.3 Å². The number of carbonyl (C=O) groups is 1. The van der Waals surface area contributed by atoms with Crippen LogP contribution < -0.4 is 5.32 Å². The Morgan fingerprint density at radius 1 is 1.53 bits per heavy atom. The molecule has 17 heavy (non-hydrogen) atoms. The van der Waals surface area contributed by atoms with Gasteiger partial charge < -0.3 is 14.8 Å². The molecule has 1 amide bonds. The van der Waals surface area contributed by atoms with E-state index in [0.29, 0.717) is 12.5 Å². The lowest BCUT2D eigenvalue weighted by Crippen LogP contribution is -2.21. The molecule has 1 heterocycles. The van der Waals surface area contributed by atoms with E-state index in [9.17, 15) is 4.79 Å². The lowest BCUT2D eigenvalue weighted by Gasteiger charge is -2.10. The largest absolute Gasteiger partial charge is 0.354 e. The molecule has 0 aromatic carbocycles. The van der Waals surface area contributed by atoms with Gasteiger partial charge in [-0.2, -0.15) is 0 Å². The minimum atomic E-state index is 0.195. The molecular formula is C13H23N3O. The second-order valence-corrected chi connectivity index (χ2v) is 4.58. The van der Waals surface area contributed by atoms with Gasteiger partial charge in [-0.05, 0) is 32.0 Å². The van der Waals surface area contributed by atoms with Crippen LogP contribution in [0.3, 0.4) is 0 Å². The van der Waals surface area contributed by atoms with Crippen molar-refractivity contribution in [1.29, 1.82) is 0 Å². The highest BCUT2D eigenvalue weighted by Gasteiger charge is 2.06. The normalized spacial score (nSPS) is 12.5. The highest BCUT2D eigenvalue weighted by Crippen LogP contribution is 2.12. The van der Waals surface area contributed by atoms with Crippen LogP contribution in [0.25, 0.3) is 0 Å². The standard InChI is InChI=1S/C13H23N3O/c1-11(14-2)12-7-9-16(10-12)8-5-6-13(17)15(3)4/h7,9-11,14H,5-6,8H2,1-4H3. The van der Waals surface area contributed by atoms with E-state index in [1.54, 1.807) is 19.0 Å². The van der Waals surface area contributed by atoms with Crippen molar-refractivity contribution < 1.29 is 4.79 Å². The zero-order valence-electron chi connectivity index (χ0n) is 11.2. The van der Waals surface area contributed by atoms with Crippen LogP contribution in [0, 0.1) is 0 Å². The number of hydrogen-bond acceptors (Lipinski definition) is 2. The number of nitrogens with one attached hydrogen (secondary N) is 1. The molecule has 0 aliphatic carbocycles. The second kappa shape index (κ2) is 6.45. The van der Waals surface area contributed by atoms with Gasteiger partial charge in [0.2, 0.25) is 5.91 Å². The van der Waals surface area contributed by atoms with Crippen LogP contribution in [0.15, 0.2) is 18.5 Å². The fourth-order valence-corrected chi connectivity index (χ4v) is 1.66. The quantitative estimate of drug-likeness (QED) is 0.816. The summed E-state index contributed by atoms with van der Waals surface area (Å²) in [4.78, 5) is 13.0. The number of nitrogens with zero attached hydrogens (tertiary/aromatic N) is 2. The third kappa shape index (κ3) is 4.23. The first-order valence-electron chi connectivity index (χ1n) is 6.07. The van der Waals surface area contributed by atoms with E-state index in [-0.39, 0.29) is 5.91 Å². The Bertz CT molecular complexity index is 357. The van der Waals surface area contributed by atoms with E-state index in [1.807, 2.05) is 7.05 Å². The molecule has 0 fully saturated rings. The molecule has 0 aliphatic rings. The third-order valence-corrected chi connectivity index (χ3v) is 3.01. The first-order valence-corrected chi connectivity index (χ1v) is 6.07. The second-order valence-electron chi connectivity index (χ2n) is 4.58. The van der Waals surface area contributed by atoms with Crippen LogP contribution in [0.1, 0.15) is 31.4 Å². The molecule has 1 N–H and O–H groups in total. The molecule has 0 bridgehead atoms. The van der Waals surface area contributed by atoms with E-state index in [0.717, 1.165) is 13.0 Å². The predicted octanol–water partition coefficient (Wildman–Crippen LogP) is 1.64. The Labute approximate surface area is 104 Å². The van der Waals surface area contributed by atoms with Gasteiger partial charge in [0.25, 0.3) is 0 Å². The highest BCUT2D eigenvalue weighted by atomic mass is 16.2. The predicted molar refractivity (Wildman–Crippen MR) is 69.8 cm³/mol. The summed E-state index contributed by atoms with van der Waals surface area (Å²) in [7, 11) is 5.55. The first kappa shape index (κ1) is 13.8. The third-order valence-electron chi connectivity index (χ3n) is 3.01. The van der Waals surface area contributed by atoms with E-state index in [4.69, 9.17) is 0 Å². The molecule has 0 radical (unpaired) electrons. The van der Waals surface area contributed by atoms with Crippen molar-refractivity contribution in [2.75, 3.05) is 21.1 Å². The minimum Gasteiger partial charge on any atom is -0.354 e. The van der Waals surface area contributed by atoms with Crippen molar-refractivity contribution in [1.82, 2.24) is 14.8 Å². The van der Waals surface area contributed by atoms with Gasteiger partial charge in [-0.25, -0.2) is 0 Å². The fourth-order valence-electron chi connectivity index (χ4n) is 1.66. The van der Waals surface area contributed by atoms with E-state index >= 15 is 0 Å². The summed E-state index contributed by atoms with van der Waals surface area (Å²) in [6, 6.07) is 2.49. The minimum absolute atomic E-state index is 0.195. The maximum atomic E-state index is 11.4. The summed E-state index contributed by atoms with van der Waals surface area (Å²) in [5.41, 5.74) is 1.28. The summed E-state index contributed by atoms with van der Waals surface area (Å²) in [5, 5.41) is 3.21. The maximum Gasteiger partial charge on any atom is 0.222 e. The topological polar surface area (TPSA) is 37.3 Å². The number of rotatable bonds is 6. The Balaban J connectivity index is 2.37. The molecular weight excluding hydrogens is 214 g/mol. The molecule has 1 unspecified atom stereocenters. The van der Waals surface area contributed by atoms with Crippen molar-refractivity contribution in [2.45, 2.75) is 32.4 Å². The van der Waals surface area contributed by atoms with Crippen LogP contribution in [0.5, 0.6) is 0 Å². The molecule has 4 nitrogen and oxygen atoms in total. The van der Waals surface area contributed by atoms with E-state index < -0.39 is 0 Å². The van der Waals surface area contributed by atoms with Gasteiger partial charge in [0, 0.05) is 45.5 Å². The van der Waals surface area contributed by atoms with Crippen molar-refractivity contribution in [3.05, 3.63) is 24.0 Å². The Morgan fingerprint density at radius 2 is 2.24 bits per heavy atom. The van der Waals surface area contributed by atoms with Crippen molar-refractivity contribution in [2.24, 2.45) is 0 Å². The molecule has 1 aromatic rings. The first-order chi connectivity index (χ1) is 8.04. The summed E-state index contributed by atoms with van der Waals surface area (Å²) >= 11 is 0. The van der Waals surface area contributed by atoms with E-state index in [1.165, 1.54) is 5.56 Å². The van der Waals surface area contributed by atoms with Gasteiger partial charge in [0.05, 0.1) is 0 Å². The van der Waals surface area contributed by atoms with Crippen LogP contribution in [-0.4, -0.2) is 36.5 Å². The van der Waals surface area contributed by atoms with Gasteiger partial charge in [-0.3, -0.25) is 4.79 Å². The summed E-state index contributed by atoms with van der Waals surface area (Å²) < 4.78 is 2.14. The average Bonchev–Trinajstić information content (AvgIpc) is 2.76. The molecule has 0 saturated carbocycles. The van der Waals surface area contributed by atoms with Gasteiger partial charge in [-0.15, -0.1) is 0 Å². The zero-order valence-corrected chi connectivity index (χ0v) is 11.2. The smallest absolute Gasteiger partial charge is 0.222 e. The van der Waals surface area contributed by atoms with Crippen molar-refractivity contribution in [3.63, 3.8) is 0 Å². The van der Waals surface area contributed by atoms with Gasteiger partial charge in [0.1, 0.15) is 0 Å². The van der Waals surface area contributed by atoms with Crippen LogP contribution in [0.2, 0.25) is 0 Å². The Kier molecular flexibility index (Phi) is 5.22. The van der Waals surface area contributed by atoms with Gasteiger partial charge in [0.15, 0.2) is 0 Å². The number of aromatic nitrogens is 1. The van der Waals surface area contributed by atoms with E-state index in [2.05, 4.69) is 35.3 Å². The summed E-state index contributed by atoms with van der Waals surface area (Å²) in [6.07, 6.45) is 5.71. The van der Waals surface area contributed by atoms with Gasteiger partial charge >= 0.3 is 0 Å². The van der Waals surface area contributed by atoms with Crippen LogP contribution >= 0.6 is 0 Å². The lowest BCUT2D eigenvalue weighted by molar-refractivity contribution is -0.128. The number of hydrogen-bond donors (Lipinski definition) is 1. The van der Waals surface area contributed by atoms with Crippen LogP contribution in [0.4, 0.5) is 0 Å². The molecule has 0 spiro atoms. The lowest BCUT2D eigenvalue weighted by atomic mass is 10.2. The fraction of sp³-hybridized carbons (Fsp3) is 0.615. The number of carbonyl (C=O) groups excluding carboxylic acids is 1. The number of amides is 1. The summed E-state index contributed by atoms with van der Waals surface area (Å²) in [5.74, 6) is 0.195. The van der Waals surface area contributed by atoms with Crippen molar-refractivity contribution in [3.8, 4) is 0 Å². The van der Waals surface area contributed by atoms with Crippen molar-refractivity contribution >= 4 is 5.91 Å². The number of aryl methyl sites for hydroxylation is 1. The molecule has 0 aliphatic heterocycles. The zero-order chi connectivity index (χ0) is 12.8. The SMILES string of the molecule is CNC(C)c1ccn(CCCC(=O)N(C)C)c1. The Hall–Kier alpha value is -1.29. The summed E-state index contributed by atoms with van der Waals surface area (Å²) in [6.45, 7) is 3.03. The molecule has 1 aromatic heterocycles. The molecule has 0 saturated heterocycles. The molecule has 96 valence electrons.